The Kier molecular flexibility index (Phi) is 5.51. The van der Waals surface area contributed by atoms with Gasteiger partial charge in [0, 0.05) is 5.54 Å². The van der Waals surface area contributed by atoms with Crippen molar-refractivity contribution in [1.29, 1.82) is 0 Å². The quantitative estimate of drug-likeness (QED) is 0.662. The molecule has 0 radical (unpaired) electrons. The lowest BCUT2D eigenvalue weighted by atomic mass is 9.96. The fourth-order valence-corrected chi connectivity index (χ4v) is 1.77. The zero-order valence-corrected chi connectivity index (χ0v) is 9.06. The van der Waals surface area contributed by atoms with Crippen molar-refractivity contribution in [3.8, 4) is 0 Å². The first kappa shape index (κ1) is 11.9. The van der Waals surface area contributed by atoms with Gasteiger partial charge < -0.3 is 5.73 Å². The minimum absolute atomic E-state index is 0.322. The zero-order chi connectivity index (χ0) is 9.61. The Labute approximate surface area is 77.1 Å². The summed E-state index contributed by atoms with van der Waals surface area (Å²) in [6.45, 7) is 12.1. The molecule has 0 aliphatic carbocycles. The third-order valence-electron chi connectivity index (χ3n) is 2.61. The molecule has 0 rings (SSSR count). The van der Waals surface area contributed by atoms with E-state index in [0.717, 1.165) is 26.1 Å². The summed E-state index contributed by atoms with van der Waals surface area (Å²) in [5, 5.41) is 0. The molecule has 74 valence electrons. The average molecular weight is 172 g/mol. The highest BCUT2D eigenvalue weighted by molar-refractivity contribution is 4.79. The molecule has 0 saturated carbocycles. The number of hydrogen-bond acceptors (Lipinski definition) is 2. The fraction of sp³-hybridized carbons (Fsp3) is 1.00. The third-order valence-corrected chi connectivity index (χ3v) is 2.61. The molecule has 0 atom stereocenters. The summed E-state index contributed by atoms with van der Waals surface area (Å²) in [5.41, 5.74) is 5.82. The molecule has 0 unspecified atom stereocenters. The Hall–Kier alpha value is -0.0800. The van der Waals surface area contributed by atoms with Gasteiger partial charge in [-0.25, -0.2) is 0 Å². The van der Waals surface area contributed by atoms with Gasteiger partial charge in [0.05, 0.1) is 0 Å². The predicted molar refractivity (Wildman–Crippen MR) is 55.3 cm³/mol. The van der Waals surface area contributed by atoms with Crippen LogP contribution in [0.5, 0.6) is 0 Å². The number of hydrogen-bond donors (Lipinski definition) is 1. The van der Waals surface area contributed by atoms with E-state index in [1.807, 2.05) is 0 Å². The maximum Gasteiger partial charge on any atom is 0.0153 e. The standard InChI is InChI=1S/C10H24N2/c1-5-12(6-2)10(3,4)8-7-9-11/h5-9,11H2,1-4H3. The molecular weight excluding hydrogens is 148 g/mol. The van der Waals surface area contributed by atoms with E-state index in [9.17, 15) is 0 Å². The van der Waals surface area contributed by atoms with E-state index < -0.39 is 0 Å². The number of rotatable bonds is 6. The Bertz CT molecular complexity index is 106. The van der Waals surface area contributed by atoms with Crippen molar-refractivity contribution in [2.24, 2.45) is 5.73 Å². The first-order chi connectivity index (χ1) is 5.58. The van der Waals surface area contributed by atoms with Crippen molar-refractivity contribution >= 4 is 0 Å². The summed E-state index contributed by atoms with van der Waals surface area (Å²) >= 11 is 0. The van der Waals surface area contributed by atoms with Crippen LogP contribution >= 0.6 is 0 Å². The van der Waals surface area contributed by atoms with Gasteiger partial charge in [-0.2, -0.15) is 0 Å². The van der Waals surface area contributed by atoms with Gasteiger partial charge >= 0.3 is 0 Å². The molecule has 2 nitrogen and oxygen atoms in total. The van der Waals surface area contributed by atoms with Gasteiger partial charge in [0.1, 0.15) is 0 Å². The van der Waals surface area contributed by atoms with Crippen LogP contribution in [0.2, 0.25) is 0 Å². The maximum atomic E-state index is 5.50. The monoisotopic (exact) mass is 172 g/mol. The molecule has 0 bridgehead atoms. The summed E-state index contributed by atoms with van der Waals surface area (Å²) in [4.78, 5) is 2.49. The summed E-state index contributed by atoms with van der Waals surface area (Å²) in [6, 6.07) is 0. The maximum absolute atomic E-state index is 5.50. The van der Waals surface area contributed by atoms with Crippen molar-refractivity contribution in [1.82, 2.24) is 4.90 Å². The summed E-state index contributed by atoms with van der Waals surface area (Å²) < 4.78 is 0. The average Bonchev–Trinajstić information content (AvgIpc) is 2.03. The van der Waals surface area contributed by atoms with Crippen LogP contribution in [0, 0.1) is 0 Å². The molecule has 0 spiro atoms. The first-order valence-corrected chi connectivity index (χ1v) is 5.03. The highest BCUT2D eigenvalue weighted by Crippen LogP contribution is 2.19. The molecule has 0 amide bonds. The summed E-state index contributed by atoms with van der Waals surface area (Å²) in [7, 11) is 0. The molecule has 0 aromatic heterocycles. The molecule has 0 aliphatic rings. The molecule has 0 aromatic rings. The van der Waals surface area contributed by atoms with Crippen molar-refractivity contribution in [2.75, 3.05) is 19.6 Å². The Morgan fingerprint density at radius 2 is 1.67 bits per heavy atom. The lowest BCUT2D eigenvalue weighted by Crippen LogP contribution is -2.43. The van der Waals surface area contributed by atoms with Crippen LogP contribution in [0.4, 0.5) is 0 Å². The van der Waals surface area contributed by atoms with Gasteiger partial charge in [-0.3, -0.25) is 4.90 Å². The van der Waals surface area contributed by atoms with E-state index in [2.05, 4.69) is 32.6 Å². The highest BCUT2D eigenvalue weighted by atomic mass is 15.2. The number of nitrogens with zero attached hydrogens (tertiary/aromatic N) is 1. The van der Waals surface area contributed by atoms with Crippen LogP contribution in [0.25, 0.3) is 0 Å². The van der Waals surface area contributed by atoms with E-state index in [4.69, 9.17) is 5.73 Å². The second kappa shape index (κ2) is 5.55. The van der Waals surface area contributed by atoms with Crippen LogP contribution in [0.15, 0.2) is 0 Å². The number of nitrogens with two attached hydrogens (primary N) is 1. The normalized spacial score (nSPS) is 12.5. The lowest BCUT2D eigenvalue weighted by molar-refractivity contribution is 0.123. The van der Waals surface area contributed by atoms with E-state index in [-0.39, 0.29) is 0 Å². The van der Waals surface area contributed by atoms with Crippen LogP contribution in [-0.2, 0) is 0 Å². The SMILES string of the molecule is CCN(CC)C(C)(C)CCCN. The molecule has 0 heterocycles. The van der Waals surface area contributed by atoms with Crippen molar-refractivity contribution in [3.05, 3.63) is 0 Å². The Balaban J connectivity index is 3.96. The summed E-state index contributed by atoms with van der Waals surface area (Å²) in [6.07, 6.45) is 2.33. The largest absolute Gasteiger partial charge is 0.330 e. The van der Waals surface area contributed by atoms with Crippen molar-refractivity contribution < 1.29 is 0 Å². The smallest absolute Gasteiger partial charge is 0.0153 e. The molecule has 0 aromatic carbocycles. The molecular formula is C10H24N2. The van der Waals surface area contributed by atoms with Gasteiger partial charge in [0.15, 0.2) is 0 Å². The van der Waals surface area contributed by atoms with Crippen molar-refractivity contribution in [3.63, 3.8) is 0 Å². The molecule has 0 fully saturated rings. The molecule has 0 aliphatic heterocycles. The van der Waals surface area contributed by atoms with Crippen molar-refractivity contribution in [2.45, 2.75) is 46.1 Å². The van der Waals surface area contributed by atoms with Crippen LogP contribution < -0.4 is 5.73 Å². The van der Waals surface area contributed by atoms with E-state index >= 15 is 0 Å². The lowest BCUT2D eigenvalue weighted by Gasteiger charge is -2.37. The molecule has 2 heteroatoms. The molecule has 2 N–H and O–H groups in total. The van der Waals surface area contributed by atoms with E-state index in [1.54, 1.807) is 0 Å². The predicted octanol–water partition coefficient (Wildman–Crippen LogP) is 1.85. The Morgan fingerprint density at radius 1 is 1.17 bits per heavy atom. The van der Waals surface area contributed by atoms with Gasteiger partial charge in [0.25, 0.3) is 0 Å². The van der Waals surface area contributed by atoms with Crippen LogP contribution in [-0.4, -0.2) is 30.1 Å². The molecule has 12 heavy (non-hydrogen) atoms. The van der Waals surface area contributed by atoms with Gasteiger partial charge in [-0.1, -0.05) is 13.8 Å². The fourth-order valence-electron chi connectivity index (χ4n) is 1.77. The van der Waals surface area contributed by atoms with Gasteiger partial charge in [0.2, 0.25) is 0 Å². The second-order valence-electron chi connectivity index (χ2n) is 3.88. The highest BCUT2D eigenvalue weighted by Gasteiger charge is 2.22. The Morgan fingerprint density at radius 3 is 2.00 bits per heavy atom. The first-order valence-electron chi connectivity index (χ1n) is 5.03. The van der Waals surface area contributed by atoms with Gasteiger partial charge in [-0.05, 0) is 46.3 Å². The van der Waals surface area contributed by atoms with E-state index in [1.165, 1.54) is 6.42 Å². The minimum atomic E-state index is 0.322. The topological polar surface area (TPSA) is 29.3 Å². The zero-order valence-electron chi connectivity index (χ0n) is 9.06. The minimum Gasteiger partial charge on any atom is -0.330 e. The third kappa shape index (κ3) is 3.55. The summed E-state index contributed by atoms with van der Waals surface area (Å²) in [5.74, 6) is 0. The van der Waals surface area contributed by atoms with Gasteiger partial charge in [-0.15, -0.1) is 0 Å². The molecule has 0 saturated heterocycles. The second-order valence-corrected chi connectivity index (χ2v) is 3.88. The van der Waals surface area contributed by atoms with Crippen LogP contribution in [0.3, 0.4) is 0 Å². The van der Waals surface area contributed by atoms with Crippen LogP contribution in [0.1, 0.15) is 40.5 Å². The van der Waals surface area contributed by atoms with E-state index in [0.29, 0.717) is 5.54 Å².